The Morgan fingerprint density at radius 3 is 2.67 bits per heavy atom. The Kier molecular flexibility index (Phi) is 4.68. The third kappa shape index (κ3) is 4.15. The fraction of sp³-hybridized carbons (Fsp3) is 0.214. The maximum absolute atomic E-state index is 12.1. The van der Waals surface area contributed by atoms with Crippen molar-refractivity contribution in [2.24, 2.45) is 5.73 Å². The van der Waals surface area contributed by atoms with Gasteiger partial charge in [-0.3, -0.25) is 9.59 Å². The third-order valence-electron chi connectivity index (χ3n) is 2.69. The highest BCUT2D eigenvalue weighted by Crippen LogP contribution is 2.15. The first kappa shape index (κ1) is 14.7. The molecule has 0 unspecified atom stereocenters. The van der Waals surface area contributed by atoms with Crippen LogP contribution in [0.4, 0.5) is 11.4 Å². The van der Waals surface area contributed by atoms with Crippen LogP contribution < -0.4 is 16.4 Å². The average Bonchev–Trinajstić information content (AvgIpc) is 2.87. The maximum atomic E-state index is 12.1. The van der Waals surface area contributed by atoms with Crippen molar-refractivity contribution in [1.82, 2.24) is 9.55 Å². The number of nitrogens with one attached hydrogen (secondary N) is 2. The number of carbonyl (C=O) groups is 2. The van der Waals surface area contributed by atoms with Crippen LogP contribution in [0.15, 0.2) is 36.8 Å². The SMILES string of the molecule is CC(=O)Nc1cccc(NC(=O)c2cn(CCN)cn2)c1. The fourth-order valence-corrected chi connectivity index (χ4v) is 1.82. The van der Waals surface area contributed by atoms with Crippen LogP contribution in [-0.4, -0.2) is 27.9 Å². The molecule has 0 saturated heterocycles. The number of aromatic nitrogens is 2. The van der Waals surface area contributed by atoms with E-state index in [1.807, 2.05) is 0 Å². The van der Waals surface area contributed by atoms with Crippen molar-refractivity contribution in [3.8, 4) is 0 Å². The van der Waals surface area contributed by atoms with Gasteiger partial charge in [0.05, 0.1) is 6.33 Å². The normalized spacial score (nSPS) is 10.2. The lowest BCUT2D eigenvalue weighted by atomic mass is 10.2. The Balaban J connectivity index is 2.06. The molecular formula is C14H17N5O2. The molecule has 4 N–H and O–H groups in total. The molecule has 2 aromatic rings. The first-order valence-electron chi connectivity index (χ1n) is 6.49. The lowest BCUT2D eigenvalue weighted by Crippen LogP contribution is -2.13. The molecule has 0 spiro atoms. The third-order valence-corrected chi connectivity index (χ3v) is 2.69. The lowest BCUT2D eigenvalue weighted by Gasteiger charge is -2.06. The van der Waals surface area contributed by atoms with Crippen LogP contribution in [0.5, 0.6) is 0 Å². The van der Waals surface area contributed by atoms with Crippen LogP contribution in [0, 0.1) is 0 Å². The van der Waals surface area contributed by atoms with E-state index in [4.69, 9.17) is 5.73 Å². The minimum atomic E-state index is -0.314. The van der Waals surface area contributed by atoms with Gasteiger partial charge in [0.2, 0.25) is 5.91 Å². The number of amides is 2. The molecule has 2 rings (SSSR count). The van der Waals surface area contributed by atoms with Crippen LogP contribution >= 0.6 is 0 Å². The summed E-state index contributed by atoms with van der Waals surface area (Å²) in [5.41, 5.74) is 6.96. The first-order chi connectivity index (χ1) is 10.1. The summed E-state index contributed by atoms with van der Waals surface area (Å²) in [5, 5.41) is 5.39. The number of rotatable bonds is 5. The Morgan fingerprint density at radius 1 is 1.29 bits per heavy atom. The van der Waals surface area contributed by atoms with Gasteiger partial charge in [0.1, 0.15) is 5.69 Å². The summed E-state index contributed by atoms with van der Waals surface area (Å²) in [6.45, 7) is 2.52. The molecule has 21 heavy (non-hydrogen) atoms. The number of carbonyl (C=O) groups excluding carboxylic acids is 2. The topological polar surface area (TPSA) is 102 Å². The van der Waals surface area contributed by atoms with E-state index >= 15 is 0 Å². The van der Waals surface area contributed by atoms with Crippen LogP contribution in [0.1, 0.15) is 17.4 Å². The van der Waals surface area contributed by atoms with E-state index in [-0.39, 0.29) is 11.8 Å². The predicted octanol–water partition coefficient (Wildman–Crippen LogP) is 1.05. The van der Waals surface area contributed by atoms with Crippen molar-refractivity contribution in [3.05, 3.63) is 42.5 Å². The highest BCUT2D eigenvalue weighted by Gasteiger charge is 2.10. The minimum Gasteiger partial charge on any atom is -0.335 e. The summed E-state index contributed by atoms with van der Waals surface area (Å²) in [4.78, 5) is 27.1. The van der Waals surface area contributed by atoms with E-state index in [1.165, 1.54) is 6.92 Å². The van der Waals surface area contributed by atoms with E-state index in [2.05, 4.69) is 15.6 Å². The Labute approximate surface area is 122 Å². The van der Waals surface area contributed by atoms with Gasteiger partial charge in [-0.05, 0) is 18.2 Å². The number of hydrogen-bond donors (Lipinski definition) is 3. The molecule has 1 heterocycles. The van der Waals surface area contributed by atoms with Gasteiger partial charge in [-0.15, -0.1) is 0 Å². The molecule has 0 aliphatic rings. The van der Waals surface area contributed by atoms with Crippen molar-refractivity contribution < 1.29 is 9.59 Å². The molecule has 1 aromatic heterocycles. The molecule has 0 aliphatic carbocycles. The Hall–Kier alpha value is -2.67. The summed E-state index contributed by atoms with van der Waals surface area (Å²) in [6.07, 6.45) is 3.20. The van der Waals surface area contributed by atoms with Gasteiger partial charge in [0, 0.05) is 37.6 Å². The number of nitrogens with zero attached hydrogens (tertiary/aromatic N) is 2. The van der Waals surface area contributed by atoms with Gasteiger partial charge in [-0.1, -0.05) is 6.07 Å². The standard InChI is InChI=1S/C14H17N5O2/c1-10(20)17-11-3-2-4-12(7-11)18-14(21)13-8-19(6-5-15)9-16-13/h2-4,7-9H,5-6,15H2,1H3,(H,17,20)(H,18,21). The monoisotopic (exact) mass is 287 g/mol. The van der Waals surface area contributed by atoms with Crippen molar-refractivity contribution >= 4 is 23.2 Å². The minimum absolute atomic E-state index is 0.168. The number of nitrogens with two attached hydrogens (primary N) is 1. The summed E-state index contributed by atoms with van der Waals surface area (Å²) in [6, 6.07) is 6.90. The molecule has 1 aromatic carbocycles. The van der Waals surface area contributed by atoms with E-state index in [1.54, 1.807) is 41.4 Å². The van der Waals surface area contributed by atoms with Crippen molar-refractivity contribution in [1.29, 1.82) is 0 Å². The number of benzene rings is 1. The zero-order chi connectivity index (χ0) is 15.2. The van der Waals surface area contributed by atoms with Crippen LogP contribution in [0.2, 0.25) is 0 Å². The highest BCUT2D eigenvalue weighted by atomic mass is 16.2. The van der Waals surface area contributed by atoms with E-state index in [0.717, 1.165) is 0 Å². The largest absolute Gasteiger partial charge is 0.335 e. The van der Waals surface area contributed by atoms with Gasteiger partial charge in [-0.2, -0.15) is 0 Å². The van der Waals surface area contributed by atoms with Gasteiger partial charge >= 0.3 is 0 Å². The summed E-state index contributed by atoms with van der Waals surface area (Å²) in [7, 11) is 0. The van der Waals surface area contributed by atoms with Crippen LogP contribution in [0.25, 0.3) is 0 Å². The van der Waals surface area contributed by atoms with E-state index < -0.39 is 0 Å². The van der Waals surface area contributed by atoms with Gasteiger partial charge in [0.15, 0.2) is 0 Å². The summed E-state index contributed by atoms with van der Waals surface area (Å²) in [5.74, 6) is -0.482. The molecular weight excluding hydrogens is 270 g/mol. The lowest BCUT2D eigenvalue weighted by molar-refractivity contribution is -0.114. The second kappa shape index (κ2) is 6.67. The van der Waals surface area contributed by atoms with Gasteiger partial charge in [0.25, 0.3) is 5.91 Å². The molecule has 2 amide bonds. The van der Waals surface area contributed by atoms with Crippen molar-refractivity contribution in [3.63, 3.8) is 0 Å². The van der Waals surface area contributed by atoms with E-state index in [9.17, 15) is 9.59 Å². The molecule has 0 saturated carbocycles. The van der Waals surface area contributed by atoms with Gasteiger partial charge in [-0.25, -0.2) is 4.98 Å². The molecule has 7 nitrogen and oxygen atoms in total. The number of imidazole rings is 1. The molecule has 7 heteroatoms. The number of hydrogen-bond acceptors (Lipinski definition) is 4. The second-order valence-electron chi connectivity index (χ2n) is 4.50. The smallest absolute Gasteiger partial charge is 0.275 e. The highest BCUT2D eigenvalue weighted by molar-refractivity contribution is 6.03. The van der Waals surface area contributed by atoms with Crippen molar-refractivity contribution in [2.45, 2.75) is 13.5 Å². The molecule has 0 atom stereocenters. The predicted molar refractivity (Wildman–Crippen MR) is 80.0 cm³/mol. The van der Waals surface area contributed by atoms with Crippen LogP contribution in [0.3, 0.4) is 0 Å². The molecule has 0 bridgehead atoms. The van der Waals surface area contributed by atoms with Gasteiger partial charge < -0.3 is 20.9 Å². The van der Waals surface area contributed by atoms with Crippen LogP contribution in [-0.2, 0) is 11.3 Å². The maximum Gasteiger partial charge on any atom is 0.275 e. The Morgan fingerprint density at radius 2 is 2.00 bits per heavy atom. The molecule has 0 aliphatic heterocycles. The quantitative estimate of drug-likeness (QED) is 0.765. The first-order valence-corrected chi connectivity index (χ1v) is 6.49. The molecule has 0 fully saturated rings. The molecule has 110 valence electrons. The van der Waals surface area contributed by atoms with E-state index in [0.29, 0.717) is 30.2 Å². The van der Waals surface area contributed by atoms with Crippen molar-refractivity contribution in [2.75, 3.05) is 17.2 Å². The average molecular weight is 287 g/mol. The zero-order valence-electron chi connectivity index (χ0n) is 11.7. The zero-order valence-corrected chi connectivity index (χ0v) is 11.7. The summed E-state index contributed by atoms with van der Waals surface area (Å²) >= 11 is 0. The number of anilines is 2. The Bertz CT molecular complexity index is 650. The molecule has 0 radical (unpaired) electrons. The fourth-order valence-electron chi connectivity index (χ4n) is 1.82. The summed E-state index contributed by atoms with van der Waals surface area (Å²) < 4.78 is 1.75. The second-order valence-corrected chi connectivity index (χ2v) is 4.50.